The van der Waals surface area contributed by atoms with Crippen molar-refractivity contribution in [3.63, 3.8) is 0 Å². The number of carboxylic acid groups (broad SMARTS) is 1. The number of rotatable bonds is 3. The monoisotopic (exact) mass is 359 g/mol. The molecule has 0 atom stereocenters. The third-order valence-corrected chi connectivity index (χ3v) is 4.13. The summed E-state index contributed by atoms with van der Waals surface area (Å²) in [6.45, 7) is 0. The van der Waals surface area contributed by atoms with Gasteiger partial charge in [0.25, 0.3) is 5.91 Å². The van der Waals surface area contributed by atoms with E-state index >= 15 is 0 Å². The van der Waals surface area contributed by atoms with Crippen molar-refractivity contribution >= 4 is 56.4 Å². The van der Waals surface area contributed by atoms with Gasteiger partial charge < -0.3 is 10.4 Å². The first-order valence-electron chi connectivity index (χ1n) is 5.05. The maximum Gasteiger partial charge on any atom is 0.335 e. The number of carboxylic acids is 1. The fourth-order valence-corrected chi connectivity index (χ4v) is 2.68. The molecule has 0 bridgehead atoms. The van der Waals surface area contributed by atoms with Gasteiger partial charge in [-0.05, 0) is 40.2 Å². The largest absolute Gasteiger partial charge is 0.478 e. The Labute approximate surface area is 126 Å². The van der Waals surface area contributed by atoms with Crippen LogP contribution in [-0.2, 0) is 0 Å². The van der Waals surface area contributed by atoms with Crippen LogP contribution in [0.1, 0.15) is 20.7 Å². The minimum absolute atomic E-state index is 0.0613. The fraction of sp³-hybridized carbons (Fsp3) is 0. The number of anilines is 1. The SMILES string of the molecule is O=C(O)c1ccc(Cl)c(NC(=O)c2csc(Br)c2)c1. The number of aromatic carboxylic acids is 1. The summed E-state index contributed by atoms with van der Waals surface area (Å²) in [4.78, 5) is 22.8. The first kappa shape index (κ1) is 14.0. The summed E-state index contributed by atoms with van der Waals surface area (Å²) in [6.07, 6.45) is 0. The summed E-state index contributed by atoms with van der Waals surface area (Å²) < 4.78 is 0.836. The van der Waals surface area contributed by atoms with Gasteiger partial charge in [-0.2, -0.15) is 0 Å². The van der Waals surface area contributed by atoms with Gasteiger partial charge in [-0.25, -0.2) is 4.79 Å². The standard InChI is InChI=1S/C12H7BrClNO3S/c13-10-4-7(5-19-10)11(16)15-9-3-6(12(17)18)1-2-8(9)14/h1-5H,(H,15,16)(H,17,18). The van der Waals surface area contributed by atoms with Crippen LogP contribution in [0.2, 0.25) is 5.02 Å². The van der Waals surface area contributed by atoms with Crippen LogP contribution >= 0.6 is 38.9 Å². The van der Waals surface area contributed by atoms with E-state index < -0.39 is 5.97 Å². The minimum Gasteiger partial charge on any atom is -0.478 e. The van der Waals surface area contributed by atoms with Gasteiger partial charge in [0, 0.05) is 5.38 Å². The zero-order valence-electron chi connectivity index (χ0n) is 9.31. The van der Waals surface area contributed by atoms with E-state index in [2.05, 4.69) is 21.2 Å². The highest BCUT2D eigenvalue weighted by molar-refractivity contribution is 9.11. The molecule has 1 amide bonds. The second-order valence-electron chi connectivity index (χ2n) is 3.59. The Morgan fingerprint density at radius 2 is 2.00 bits per heavy atom. The third-order valence-electron chi connectivity index (χ3n) is 2.29. The van der Waals surface area contributed by atoms with Gasteiger partial charge >= 0.3 is 5.97 Å². The van der Waals surface area contributed by atoms with E-state index in [1.807, 2.05) is 0 Å². The Hall–Kier alpha value is -1.37. The second-order valence-corrected chi connectivity index (χ2v) is 6.29. The van der Waals surface area contributed by atoms with E-state index in [1.165, 1.54) is 29.5 Å². The molecule has 1 aromatic carbocycles. The van der Waals surface area contributed by atoms with E-state index in [-0.39, 0.29) is 22.2 Å². The second kappa shape index (κ2) is 5.73. The van der Waals surface area contributed by atoms with Crippen LogP contribution in [0.4, 0.5) is 5.69 Å². The first-order chi connectivity index (χ1) is 8.97. The van der Waals surface area contributed by atoms with Crippen LogP contribution in [0, 0.1) is 0 Å². The Morgan fingerprint density at radius 3 is 2.58 bits per heavy atom. The maximum atomic E-state index is 11.9. The summed E-state index contributed by atoms with van der Waals surface area (Å²) in [5.74, 6) is -1.42. The highest BCUT2D eigenvalue weighted by Crippen LogP contribution is 2.25. The van der Waals surface area contributed by atoms with Crippen molar-refractivity contribution < 1.29 is 14.7 Å². The molecule has 2 N–H and O–H groups in total. The lowest BCUT2D eigenvalue weighted by Gasteiger charge is -2.07. The Bertz CT molecular complexity index is 656. The molecule has 0 spiro atoms. The highest BCUT2D eigenvalue weighted by atomic mass is 79.9. The maximum absolute atomic E-state index is 11.9. The van der Waals surface area contributed by atoms with Crippen LogP contribution in [0.25, 0.3) is 0 Å². The quantitative estimate of drug-likeness (QED) is 0.865. The number of thiophene rings is 1. The van der Waals surface area contributed by atoms with E-state index in [9.17, 15) is 9.59 Å². The Balaban J connectivity index is 2.25. The minimum atomic E-state index is -1.08. The van der Waals surface area contributed by atoms with Gasteiger partial charge in [0.15, 0.2) is 0 Å². The average molecular weight is 361 g/mol. The van der Waals surface area contributed by atoms with Crippen molar-refractivity contribution in [3.05, 3.63) is 49.6 Å². The molecule has 0 aliphatic heterocycles. The van der Waals surface area contributed by atoms with Gasteiger partial charge in [-0.1, -0.05) is 11.6 Å². The molecule has 2 aromatic rings. The van der Waals surface area contributed by atoms with Crippen molar-refractivity contribution in [2.75, 3.05) is 5.32 Å². The number of amides is 1. The molecule has 4 nitrogen and oxygen atoms in total. The van der Waals surface area contributed by atoms with E-state index in [0.717, 1.165) is 3.79 Å². The number of hydrogen-bond acceptors (Lipinski definition) is 3. The lowest BCUT2D eigenvalue weighted by atomic mass is 10.2. The van der Waals surface area contributed by atoms with E-state index in [4.69, 9.17) is 16.7 Å². The van der Waals surface area contributed by atoms with Crippen molar-refractivity contribution in [3.8, 4) is 0 Å². The number of carbonyl (C=O) groups excluding carboxylic acids is 1. The summed E-state index contributed by atoms with van der Waals surface area (Å²) in [5.41, 5.74) is 0.814. The predicted octanol–water partition coefficient (Wildman–Crippen LogP) is 4.11. The van der Waals surface area contributed by atoms with Gasteiger partial charge in [-0.3, -0.25) is 4.79 Å². The highest BCUT2D eigenvalue weighted by Gasteiger charge is 2.12. The van der Waals surface area contributed by atoms with Crippen molar-refractivity contribution in [2.24, 2.45) is 0 Å². The number of benzene rings is 1. The van der Waals surface area contributed by atoms with E-state index in [0.29, 0.717) is 5.56 Å². The lowest BCUT2D eigenvalue weighted by Crippen LogP contribution is -2.12. The topological polar surface area (TPSA) is 66.4 Å². The van der Waals surface area contributed by atoms with Gasteiger partial charge in [-0.15, -0.1) is 11.3 Å². The van der Waals surface area contributed by atoms with Gasteiger partial charge in [0.2, 0.25) is 0 Å². The van der Waals surface area contributed by atoms with Gasteiger partial charge in [0.1, 0.15) is 0 Å². The van der Waals surface area contributed by atoms with Crippen LogP contribution < -0.4 is 5.32 Å². The van der Waals surface area contributed by atoms with Gasteiger partial charge in [0.05, 0.1) is 25.6 Å². The van der Waals surface area contributed by atoms with Crippen molar-refractivity contribution in [1.82, 2.24) is 0 Å². The molecular formula is C12H7BrClNO3S. The molecule has 0 saturated heterocycles. The number of nitrogens with one attached hydrogen (secondary N) is 1. The zero-order chi connectivity index (χ0) is 14.0. The Morgan fingerprint density at radius 1 is 1.26 bits per heavy atom. The van der Waals surface area contributed by atoms with Crippen LogP contribution in [0.3, 0.4) is 0 Å². The molecule has 19 heavy (non-hydrogen) atoms. The molecule has 0 radical (unpaired) electrons. The molecule has 98 valence electrons. The molecule has 0 aliphatic carbocycles. The van der Waals surface area contributed by atoms with E-state index in [1.54, 1.807) is 11.4 Å². The number of carbonyl (C=O) groups is 2. The lowest BCUT2D eigenvalue weighted by molar-refractivity contribution is 0.0696. The molecule has 7 heteroatoms. The fourth-order valence-electron chi connectivity index (χ4n) is 1.38. The molecule has 1 aromatic heterocycles. The zero-order valence-corrected chi connectivity index (χ0v) is 12.5. The molecule has 0 unspecified atom stereocenters. The Kier molecular flexibility index (Phi) is 4.24. The first-order valence-corrected chi connectivity index (χ1v) is 7.10. The average Bonchev–Trinajstić information content (AvgIpc) is 2.78. The van der Waals surface area contributed by atoms with Crippen molar-refractivity contribution in [2.45, 2.75) is 0 Å². The summed E-state index contributed by atoms with van der Waals surface area (Å²) >= 11 is 10.6. The third kappa shape index (κ3) is 3.34. The summed E-state index contributed by atoms with van der Waals surface area (Å²) in [6, 6.07) is 5.81. The predicted molar refractivity (Wildman–Crippen MR) is 78.4 cm³/mol. The summed E-state index contributed by atoms with van der Waals surface area (Å²) in [5, 5.41) is 13.5. The van der Waals surface area contributed by atoms with Crippen LogP contribution in [-0.4, -0.2) is 17.0 Å². The molecule has 0 fully saturated rings. The number of hydrogen-bond donors (Lipinski definition) is 2. The smallest absolute Gasteiger partial charge is 0.335 e. The number of halogens is 2. The van der Waals surface area contributed by atoms with Crippen LogP contribution in [0.5, 0.6) is 0 Å². The van der Waals surface area contributed by atoms with Crippen LogP contribution in [0.15, 0.2) is 33.4 Å². The molecular weight excluding hydrogens is 354 g/mol. The molecule has 0 aliphatic rings. The molecule has 2 rings (SSSR count). The molecule has 0 saturated carbocycles. The van der Waals surface area contributed by atoms with Crippen molar-refractivity contribution in [1.29, 1.82) is 0 Å². The normalized spacial score (nSPS) is 10.2. The summed E-state index contributed by atoms with van der Waals surface area (Å²) in [7, 11) is 0. The molecule has 1 heterocycles.